The second-order valence-corrected chi connectivity index (χ2v) is 6.69. The molecule has 0 radical (unpaired) electrons. The lowest BCUT2D eigenvalue weighted by molar-refractivity contribution is -0.200. The largest absolute Gasteiger partial charge is 0.411 e. The Morgan fingerprint density at radius 2 is 2.04 bits per heavy atom. The Morgan fingerprint density at radius 1 is 1.30 bits per heavy atom. The summed E-state index contributed by atoms with van der Waals surface area (Å²) in [6, 6.07) is 3.34. The lowest BCUT2D eigenvalue weighted by atomic mass is 9.74. The molecule has 0 bridgehead atoms. The third-order valence-corrected chi connectivity index (χ3v) is 5.07. The van der Waals surface area contributed by atoms with Crippen molar-refractivity contribution in [3.8, 4) is 0 Å². The fraction of sp³-hybridized carbons (Fsp3) is 0.294. The maximum atomic E-state index is 14.1. The molecule has 23 heavy (non-hydrogen) atoms. The van der Waals surface area contributed by atoms with Gasteiger partial charge < -0.3 is 10.7 Å². The number of fused-ring (bicyclic) bond motifs is 1. The van der Waals surface area contributed by atoms with Crippen molar-refractivity contribution in [2.45, 2.75) is 25.1 Å². The number of hydrogen-bond acceptors (Lipinski definition) is 1. The molecule has 2 atom stereocenters. The number of hydrogen-bond donors (Lipinski definition) is 2. The molecule has 2 aromatic rings. The first-order valence-electron chi connectivity index (χ1n) is 7.22. The number of H-pyrrole nitrogens is 1. The molecule has 1 aliphatic rings. The minimum absolute atomic E-state index is 0.0804. The molecule has 0 spiro atoms. The third-order valence-electron chi connectivity index (χ3n) is 4.44. The Labute approximate surface area is 140 Å². The number of benzene rings is 1. The average molecular weight is 385 g/mol. The molecule has 1 aliphatic carbocycles. The van der Waals surface area contributed by atoms with Crippen LogP contribution in [0.3, 0.4) is 0 Å². The molecular weight excluding hydrogens is 369 g/mol. The smallest absolute Gasteiger partial charge is 0.361 e. The van der Waals surface area contributed by atoms with Crippen LogP contribution in [0.25, 0.3) is 10.9 Å². The van der Waals surface area contributed by atoms with Crippen molar-refractivity contribution < 1.29 is 13.2 Å². The van der Waals surface area contributed by atoms with E-state index >= 15 is 0 Å². The molecule has 6 heteroatoms. The Hall–Kier alpha value is -1.53. The molecule has 3 rings (SSSR count). The lowest BCUT2D eigenvalue weighted by Gasteiger charge is -2.39. The summed E-state index contributed by atoms with van der Waals surface area (Å²) in [6.07, 6.45) is 3.92. The molecule has 2 nitrogen and oxygen atoms in total. The Balaban J connectivity index is 2.33. The van der Waals surface area contributed by atoms with Gasteiger partial charge in [0.15, 0.2) is 0 Å². The highest BCUT2D eigenvalue weighted by Gasteiger charge is 2.58. The Morgan fingerprint density at radius 3 is 2.65 bits per heavy atom. The number of rotatable bonds is 2. The summed E-state index contributed by atoms with van der Waals surface area (Å²) in [7, 11) is 0. The van der Waals surface area contributed by atoms with E-state index in [9.17, 15) is 13.2 Å². The second kappa shape index (κ2) is 5.53. The van der Waals surface area contributed by atoms with E-state index in [0.29, 0.717) is 15.4 Å². The number of aromatic nitrogens is 1. The molecule has 0 saturated carbocycles. The van der Waals surface area contributed by atoms with E-state index in [2.05, 4.69) is 20.9 Å². The monoisotopic (exact) mass is 384 g/mol. The van der Waals surface area contributed by atoms with Crippen molar-refractivity contribution in [2.75, 3.05) is 0 Å². The summed E-state index contributed by atoms with van der Waals surface area (Å²) in [5.41, 5.74) is 5.25. The van der Waals surface area contributed by atoms with Crippen molar-refractivity contribution in [2.24, 2.45) is 11.7 Å². The number of alkyl halides is 3. The Bertz CT molecular complexity index is 804. The van der Waals surface area contributed by atoms with E-state index < -0.39 is 17.6 Å². The van der Waals surface area contributed by atoms with Crippen molar-refractivity contribution in [3.05, 3.63) is 58.2 Å². The SMILES string of the molecule is Cc1cc(Br)c(C(N)(C2C=CC=CC2)C(F)(F)F)c2cc[nH]c12. The summed E-state index contributed by atoms with van der Waals surface area (Å²) < 4.78 is 42.6. The van der Waals surface area contributed by atoms with E-state index in [0.717, 1.165) is 5.56 Å². The second-order valence-electron chi connectivity index (χ2n) is 5.84. The van der Waals surface area contributed by atoms with Gasteiger partial charge in [0.25, 0.3) is 0 Å². The predicted molar refractivity (Wildman–Crippen MR) is 89.0 cm³/mol. The highest BCUT2D eigenvalue weighted by molar-refractivity contribution is 9.10. The van der Waals surface area contributed by atoms with Crippen LogP contribution < -0.4 is 5.73 Å². The van der Waals surface area contributed by atoms with Gasteiger partial charge in [0.05, 0.1) is 0 Å². The van der Waals surface area contributed by atoms with Gasteiger partial charge in [0.1, 0.15) is 5.54 Å². The Kier molecular flexibility index (Phi) is 3.92. The van der Waals surface area contributed by atoms with Crippen LogP contribution in [0.2, 0.25) is 0 Å². The van der Waals surface area contributed by atoms with Crippen LogP contribution >= 0.6 is 15.9 Å². The average Bonchev–Trinajstić information content (AvgIpc) is 2.96. The molecule has 0 amide bonds. The van der Waals surface area contributed by atoms with E-state index in [4.69, 9.17) is 5.73 Å². The normalized spacial score (nSPS) is 20.9. The van der Waals surface area contributed by atoms with Gasteiger partial charge >= 0.3 is 6.18 Å². The predicted octanol–water partition coefficient (Wildman–Crippen LogP) is 5.09. The number of aryl methyl sites for hydroxylation is 1. The number of nitrogens with one attached hydrogen (secondary N) is 1. The minimum atomic E-state index is -4.59. The van der Waals surface area contributed by atoms with Crippen LogP contribution in [-0.4, -0.2) is 11.2 Å². The highest BCUT2D eigenvalue weighted by Crippen LogP contribution is 2.49. The van der Waals surface area contributed by atoms with Crippen molar-refractivity contribution in [1.29, 1.82) is 0 Å². The van der Waals surface area contributed by atoms with Gasteiger partial charge in [-0.3, -0.25) is 0 Å². The van der Waals surface area contributed by atoms with E-state index in [1.807, 2.05) is 6.92 Å². The van der Waals surface area contributed by atoms with Crippen LogP contribution in [0.5, 0.6) is 0 Å². The molecule has 0 saturated heterocycles. The van der Waals surface area contributed by atoms with Gasteiger partial charge in [-0.05, 0) is 31.0 Å². The summed E-state index contributed by atoms with van der Waals surface area (Å²) in [4.78, 5) is 3.01. The maximum Gasteiger partial charge on any atom is 0.411 e. The lowest BCUT2D eigenvalue weighted by Crippen LogP contribution is -2.55. The molecular formula is C17H16BrF3N2. The van der Waals surface area contributed by atoms with Crippen molar-refractivity contribution in [3.63, 3.8) is 0 Å². The van der Waals surface area contributed by atoms with Crippen LogP contribution in [0.15, 0.2) is 47.1 Å². The molecule has 1 aromatic carbocycles. The maximum absolute atomic E-state index is 14.1. The summed E-state index contributed by atoms with van der Waals surface area (Å²) in [5.74, 6) is -0.857. The van der Waals surface area contributed by atoms with Gasteiger partial charge in [-0.2, -0.15) is 13.2 Å². The summed E-state index contributed by atoms with van der Waals surface area (Å²) in [5, 5.41) is 0.500. The van der Waals surface area contributed by atoms with Gasteiger partial charge in [0.2, 0.25) is 0 Å². The first-order valence-corrected chi connectivity index (χ1v) is 8.01. The van der Waals surface area contributed by atoms with Gasteiger partial charge in [0, 0.05) is 33.1 Å². The topological polar surface area (TPSA) is 41.8 Å². The third kappa shape index (κ3) is 2.44. The number of halogens is 4. The van der Waals surface area contributed by atoms with E-state index in [1.165, 1.54) is 6.08 Å². The first-order chi connectivity index (χ1) is 10.8. The van der Waals surface area contributed by atoms with Crippen LogP contribution in [-0.2, 0) is 5.54 Å². The summed E-state index contributed by atoms with van der Waals surface area (Å²) >= 11 is 3.31. The van der Waals surface area contributed by atoms with Crippen LogP contribution in [0.1, 0.15) is 17.5 Å². The zero-order valence-corrected chi connectivity index (χ0v) is 14.0. The van der Waals surface area contributed by atoms with E-state index in [-0.39, 0.29) is 12.0 Å². The molecule has 0 aliphatic heterocycles. The molecule has 0 fully saturated rings. The van der Waals surface area contributed by atoms with Gasteiger partial charge in [-0.1, -0.05) is 40.2 Å². The summed E-state index contributed by atoms with van der Waals surface area (Å²) in [6.45, 7) is 1.85. The van der Waals surface area contributed by atoms with Crippen molar-refractivity contribution >= 4 is 26.8 Å². The molecule has 3 N–H and O–H groups in total. The zero-order chi connectivity index (χ0) is 16.8. The molecule has 1 aromatic heterocycles. The molecule has 1 heterocycles. The highest BCUT2D eigenvalue weighted by atomic mass is 79.9. The first kappa shape index (κ1) is 16.3. The van der Waals surface area contributed by atoms with E-state index in [1.54, 1.807) is 36.6 Å². The van der Waals surface area contributed by atoms with Crippen molar-refractivity contribution in [1.82, 2.24) is 4.98 Å². The zero-order valence-electron chi connectivity index (χ0n) is 12.4. The molecule has 122 valence electrons. The number of allylic oxidation sites excluding steroid dienone is 3. The van der Waals surface area contributed by atoms with Crippen LogP contribution in [0, 0.1) is 12.8 Å². The van der Waals surface area contributed by atoms with Gasteiger partial charge in [-0.15, -0.1) is 0 Å². The fourth-order valence-electron chi connectivity index (χ4n) is 3.24. The standard InChI is InChI=1S/C17H16BrF3N2/c1-10-9-13(18)14(12-7-8-23-15(10)12)16(22,17(19,20)21)11-5-3-2-4-6-11/h2-5,7-9,11,23H,6,22H2,1H3. The van der Waals surface area contributed by atoms with Crippen LogP contribution in [0.4, 0.5) is 13.2 Å². The molecule has 2 unspecified atom stereocenters. The number of aromatic amines is 1. The fourth-order valence-corrected chi connectivity index (χ4v) is 4.13. The number of nitrogens with two attached hydrogens (primary N) is 1. The van der Waals surface area contributed by atoms with Gasteiger partial charge in [-0.25, -0.2) is 0 Å². The quantitative estimate of drug-likeness (QED) is 0.743. The minimum Gasteiger partial charge on any atom is -0.361 e.